The lowest BCUT2D eigenvalue weighted by atomic mass is 10.1. The second-order valence-electron chi connectivity index (χ2n) is 6.84. The summed E-state index contributed by atoms with van der Waals surface area (Å²) in [6.45, 7) is 1.85. The van der Waals surface area contributed by atoms with E-state index in [-0.39, 0.29) is 18.2 Å². The minimum absolute atomic E-state index is 0.0428. The van der Waals surface area contributed by atoms with Gasteiger partial charge in [0.2, 0.25) is 5.89 Å². The van der Waals surface area contributed by atoms with E-state index in [1.54, 1.807) is 18.2 Å². The van der Waals surface area contributed by atoms with Crippen molar-refractivity contribution >= 4 is 28.4 Å². The van der Waals surface area contributed by atoms with E-state index in [9.17, 15) is 14.9 Å². The summed E-state index contributed by atoms with van der Waals surface area (Å²) < 4.78 is 11.2. The van der Waals surface area contributed by atoms with Gasteiger partial charge in [-0.05, 0) is 54.4 Å². The molecule has 0 aliphatic heterocycles. The smallest absolute Gasteiger partial charge is 0.269 e. The molecule has 0 saturated carbocycles. The van der Waals surface area contributed by atoms with Crippen LogP contribution in [0.2, 0.25) is 0 Å². The average molecular weight is 417 g/mol. The lowest BCUT2D eigenvalue weighted by Gasteiger charge is -2.08. The molecular weight excluding hydrogens is 398 g/mol. The molecule has 1 N–H and O–H groups in total. The maximum absolute atomic E-state index is 12.2. The van der Waals surface area contributed by atoms with Gasteiger partial charge in [-0.25, -0.2) is 4.98 Å². The van der Waals surface area contributed by atoms with Crippen LogP contribution in [0.5, 0.6) is 5.75 Å². The molecule has 8 nitrogen and oxygen atoms in total. The van der Waals surface area contributed by atoms with Crippen molar-refractivity contribution in [2.75, 3.05) is 11.9 Å². The zero-order valence-corrected chi connectivity index (χ0v) is 16.7. The third kappa shape index (κ3) is 4.69. The molecule has 0 saturated heterocycles. The largest absolute Gasteiger partial charge is 0.484 e. The van der Waals surface area contributed by atoms with Gasteiger partial charge in [-0.15, -0.1) is 0 Å². The molecule has 0 unspecified atom stereocenters. The molecule has 1 amide bonds. The van der Waals surface area contributed by atoms with E-state index in [2.05, 4.69) is 17.2 Å². The van der Waals surface area contributed by atoms with E-state index < -0.39 is 4.92 Å². The van der Waals surface area contributed by atoms with Crippen LogP contribution in [0.25, 0.3) is 22.6 Å². The molecule has 156 valence electrons. The van der Waals surface area contributed by atoms with Crippen LogP contribution in [0.1, 0.15) is 12.5 Å². The van der Waals surface area contributed by atoms with Crippen LogP contribution in [0.15, 0.2) is 71.1 Å². The Morgan fingerprint density at radius 3 is 2.68 bits per heavy atom. The minimum atomic E-state index is -0.497. The van der Waals surface area contributed by atoms with E-state index in [0.717, 1.165) is 17.5 Å². The first kappa shape index (κ1) is 20.1. The predicted molar refractivity (Wildman–Crippen MR) is 116 cm³/mol. The second-order valence-corrected chi connectivity index (χ2v) is 6.84. The molecule has 4 rings (SSSR count). The molecule has 0 aliphatic rings. The number of nitro groups is 1. The molecule has 0 radical (unpaired) electrons. The summed E-state index contributed by atoms with van der Waals surface area (Å²) in [5.41, 5.74) is 3.95. The number of nitro benzene ring substituents is 1. The van der Waals surface area contributed by atoms with Crippen LogP contribution in [0.3, 0.4) is 0 Å². The summed E-state index contributed by atoms with van der Waals surface area (Å²) in [6, 6.07) is 18.6. The number of nitrogens with zero attached hydrogens (tertiary/aromatic N) is 2. The van der Waals surface area contributed by atoms with Crippen molar-refractivity contribution in [1.29, 1.82) is 0 Å². The van der Waals surface area contributed by atoms with Crippen molar-refractivity contribution < 1.29 is 18.9 Å². The highest BCUT2D eigenvalue weighted by molar-refractivity contribution is 5.92. The molecule has 31 heavy (non-hydrogen) atoms. The summed E-state index contributed by atoms with van der Waals surface area (Å²) in [4.78, 5) is 27.0. The van der Waals surface area contributed by atoms with Gasteiger partial charge in [0.25, 0.3) is 11.6 Å². The number of aromatic nitrogens is 1. The van der Waals surface area contributed by atoms with Gasteiger partial charge in [0.1, 0.15) is 11.3 Å². The Labute approximate surface area is 177 Å². The summed E-state index contributed by atoms with van der Waals surface area (Å²) in [5, 5.41) is 13.4. The number of carbonyl (C=O) groups is 1. The normalized spacial score (nSPS) is 10.7. The standard InChI is InChI=1S/C23H19N3O5/c1-2-15-6-11-21-20(12-15)25-23(31-21)16-4-3-5-17(13-16)24-22(27)14-30-19-9-7-18(8-10-19)26(28)29/h3-13H,2,14H2,1H3,(H,24,27). The van der Waals surface area contributed by atoms with E-state index in [0.29, 0.717) is 22.9 Å². The molecule has 1 heterocycles. The van der Waals surface area contributed by atoms with Crippen molar-refractivity contribution in [2.24, 2.45) is 0 Å². The third-order valence-corrected chi connectivity index (χ3v) is 4.67. The Balaban J connectivity index is 1.42. The summed E-state index contributed by atoms with van der Waals surface area (Å²) in [5.74, 6) is 0.481. The molecule has 0 aliphatic carbocycles. The number of ether oxygens (including phenoxy) is 1. The summed E-state index contributed by atoms with van der Waals surface area (Å²) in [6.07, 6.45) is 0.918. The van der Waals surface area contributed by atoms with Crippen molar-refractivity contribution in [3.05, 3.63) is 82.4 Å². The fourth-order valence-corrected chi connectivity index (χ4v) is 3.06. The van der Waals surface area contributed by atoms with Crippen LogP contribution >= 0.6 is 0 Å². The molecule has 0 atom stereocenters. The quantitative estimate of drug-likeness (QED) is 0.335. The number of non-ortho nitro benzene ring substituents is 1. The molecule has 0 bridgehead atoms. The van der Waals surface area contributed by atoms with E-state index in [1.165, 1.54) is 29.8 Å². The zero-order valence-electron chi connectivity index (χ0n) is 16.7. The van der Waals surface area contributed by atoms with Gasteiger partial charge >= 0.3 is 0 Å². The van der Waals surface area contributed by atoms with Crippen molar-refractivity contribution in [3.63, 3.8) is 0 Å². The Hall–Kier alpha value is -4.20. The van der Waals surface area contributed by atoms with Crippen LogP contribution in [-0.2, 0) is 11.2 Å². The number of fused-ring (bicyclic) bond motifs is 1. The van der Waals surface area contributed by atoms with Crippen LogP contribution in [-0.4, -0.2) is 22.4 Å². The van der Waals surface area contributed by atoms with E-state index in [1.807, 2.05) is 24.3 Å². The van der Waals surface area contributed by atoms with Crippen LogP contribution in [0.4, 0.5) is 11.4 Å². The summed E-state index contributed by atoms with van der Waals surface area (Å²) >= 11 is 0. The van der Waals surface area contributed by atoms with E-state index in [4.69, 9.17) is 9.15 Å². The highest BCUT2D eigenvalue weighted by Crippen LogP contribution is 2.27. The maximum Gasteiger partial charge on any atom is 0.269 e. The number of amides is 1. The molecule has 1 aromatic heterocycles. The van der Waals surface area contributed by atoms with Gasteiger partial charge in [0, 0.05) is 23.4 Å². The topological polar surface area (TPSA) is 108 Å². The van der Waals surface area contributed by atoms with Crippen molar-refractivity contribution in [2.45, 2.75) is 13.3 Å². The van der Waals surface area contributed by atoms with Crippen LogP contribution < -0.4 is 10.1 Å². The first-order valence-corrected chi connectivity index (χ1v) is 9.69. The Bertz CT molecular complexity index is 1250. The first-order chi connectivity index (χ1) is 15.0. The Kier molecular flexibility index (Phi) is 5.61. The summed E-state index contributed by atoms with van der Waals surface area (Å²) in [7, 11) is 0. The number of nitrogens with one attached hydrogen (secondary N) is 1. The monoisotopic (exact) mass is 417 g/mol. The number of carbonyl (C=O) groups excluding carboxylic acids is 1. The molecular formula is C23H19N3O5. The van der Waals surface area contributed by atoms with Gasteiger partial charge in [0.05, 0.1) is 4.92 Å². The molecule has 0 spiro atoms. The molecule has 8 heteroatoms. The van der Waals surface area contributed by atoms with Gasteiger partial charge < -0.3 is 14.5 Å². The lowest BCUT2D eigenvalue weighted by molar-refractivity contribution is -0.384. The van der Waals surface area contributed by atoms with Crippen molar-refractivity contribution in [1.82, 2.24) is 4.98 Å². The number of aryl methyl sites for hydroxylation is 1. The molecule has 4 aromatic rings. The Morgan fingerprint density at radius 1 is 1.13 bits per heavy atom. The highest BCUT2D eigenvalue weighted by atomic mass is 16.6. The minimum Gasteiger partial charge on any atom is -0.484 e. The number of rotatable bonds is 7. The van der Waals surface area contributed by atoms with Gasteiger partial charge in [-0.1, -0.05) is 19.1 Å². The fourth-order valence-electron chi connectivity index (χ4n) is 3.06. The van der Waals surface area contributed by atoms with Crippen LogP contribution in [0, 0.1) is 10.1 Å². The van der Waals surface area contributed by atoms with Gasteiger partial charge in [0.15, 0.2) is 12.2 Å². The number of hydrogen-bond acceptors (Lipinski definition) is 6. The van der Waals surface area contributed by atoms with Gasteiger partial charge in [-0.2, -0.15) is 0 Å². The van der Waals surface area contributed by atoms with E-state index >= 15 is 0 Å². The number of benzene rings is 3. The lowest BCUT2D eigenvalue weighted by Crippen LogP contribution is -2.20. The second kappa shape index (κ2) is 8.66. The number of hydrogen-bond donors (Lipinski definition) is 1. The first-order valence-electron chi connectivity index (χ1n) is 9.69. The number of anilines is 1. The zero-order chi connectivity index (χ0) is 21.8. The fraction of sp³-hybridized carbons (Fsp3) is 0.130. The van der Waals surface area contributed by atoms with Crippen molar-refractivity contribution in [3.8, 4) is 17.2 Å². The van der Waals surface area contributed by atoms with Gasteiger partial charge in [-0.3, -0.25) is 14.9 Å². The maximum atomic E-state index is 12.2. The Morgan fingerprint density at radius 2 is 1.94 bits per heavy atom. The molecule has 3 aromatic carbocycles. The molecule has 0 fully saturated rings. The predicted octanol–water partition coefficient (Wildman–Crippen LogP) is 4.98. The highest BCUT2D eigenvalue weighted by Gasteiger charge is 2.11. The number of oxazole rings is 1. The average Bonchev–Trinajstić information content (AvgIpc) is 3.21. The third-order valence-electron chi connectivity index (χ3n) is 4.67. The SMILES string of the molecule is CCc1ccc2oc(-c3cccc(NC(=O)COc4ccc([N+](=O)[O-])cc4)c3)nc2c1.